The van der Waals surface area contributed by atoms with E-state index in [2.05, 4.69) is 15.4 Å². The van der Waals surface area contributed by atoms with Gasteiger partial charge in [0.15, 0.2) is 5.65 Å². The Balaban J connectivity index is 1.39. The lowest BCUT2D eigenvalue weighted by molar-refractivity contribution is -0.137. The molecule has 1 amide bonds. The first-order valence-corrected chi connectivity index (χ1v) is 10.7. The van der Waals surface area contributed by atoms with Crippen LogP contribution in [0.1, 0.15) is 16.7 Å². The number of amides is 1. The number of aromatic nitrogens is 4. The molecule has 0 saturated heterocycles. The summed E-state index contributed by atoms with van der Waals surface area (Å²) in [7, 11) is 1.57. The number of carbonyl (C=O) groups excluding carboxylic acids is 1. The molecule has 2 aromatic carbocycles. The zero-order valence-electron chi connectivity index (χ0n) is 18.7. The highest BCUT2D eigenvalue weighted by atomic mass is 19.4. The molecule has 0 aliphatic rings. The number of ether oxygens (including phenoxy) is 1. The van der Waals surface area contributed by atoms with Gasteiger partial charge in [-0.15, -0.1) is 0 Å². The Bertz CT molecular complexity index is 1390. The van der Waals surface area contributed by atoms with Crippen LogP contribution in [0.4, 0.5) is 13.2 Å². The molecule has 11 heteroatoms. The van der Waals surface area contributed by atoms with E-state index >= 15 is 0 Å². The van der Waals surface area contributed by atoms with Gasteiger partial charge in [0.1, 0.15) is 17.5 Å². The van der Waals surface area contributed by atoms with E-state index in [4.69, 9.17) is 4.74 Å². The van der Waals surface area contributed by atoms with Crippen molar-refractivity contribution < 1.29 is 22.7 Å². The van der Waals surface area contributed by atoms with Crippen molar-refractivity contribution in [2.75, 3.05) is 13.7 Å². The molecule has 0 fully saturated rings. The van der Waals surface area contributed by atoms with Gasteiger partial charge in [-0.2, -0.15) is 18.3 Å². The third-order valence-corrected chi connectivity index (χ3v) is 5.40. The maximum Gasteiger partial charge on any atom is 0.416 e. The van der Waals surface area contributed by atoms with Crippen molar-refractivity contribution in [2.45, 2.75) is 25.7 Å². The van der Waals surface area contributed by atoms with Crippen LogP contribution in [-0.2, 0) is 30.5 Å². The molecule has 2 aromatic heterocycles. The van der Waals surface area contributed by atoms with Gasteiger partial charge < -0.3 is 10.1 Å². The van der Waals surface area contributed by atoms with Crippen LogP contribution < -0.4 is 15.6 Å². The summed E-state index contributed by atoms with van der Waals surface area (Å²) in [5, 5.41) is 7.22. The monoisotopic (exact) mass is 485 g/mol. The Kier molecular flexibility index (Phi) is 6.85. The highest BCUT2D eigenvalue weighted by Crippen LogP contribution is 2.29. The van der Waals surface area contributed by atoms with Gasteiger partial charge >= 0.3 is 6.18 Å². The summed E-state index contributed by atoms with van der Waals surface area (Å²) in [4.78, 5) is 29.3. The number of nitrogens with one attached hydrogen (secondary N) is 1. The first-order chi connectivity index (χ1) is 16.7. The van der Waals surface area contributed by atoms with Gasteiger partial charge in [0.2, 0.25) is 5.91 Å². The van der Waals surface area contributed by atoms with Gasteiger partial charge in [0, 0.05) is 6.54 Å². The molecule has 0 radical (unpaired) electrons. The SMILES string of the molecule is COc1ccc(CC(=O)NCCn2ncc3c(=O)n(Cc4cccc(C(F)(F)F)c4)cnc32)cc1. The van der Waals surface area contributed by atoms with Crippen LogP contribution in [0, 0.1) is 0 Å². The highest BCUT2D eigenvalue weighted by Gasteiger charge is 2.30. The maximum atomic E-state index is 13.0. The molecule has 182 valence electrons. The van der Waals surface area contributed by atoms with Crippen molar-refractivity contribution in [1.82, 2.24) is 24.6 Å². The van der Waals surface area contributed by atoms with Gasteiger partial charge in [-0.3, -0.25) is 14.2 Å². The zero-order chi connectivity index (χ0) is 25.0. The first kappa shape index (κ1) is 24.0. The van der Waals surface area contributed by atoms with Gasteiger partial charge in [-0.25, -0.2) is 9.67 Å². The van der Waals surface area contributed by atoms with E-state index in [0.717, 1.165) is 17.7 Å². The molecule has 0 bridgehead atoms. The molecule has 0 aliphatic carbocycles. The number of hydrogen-bond acceptors (Lipinski definition) is 5. The minimum absolute atomic E-state index is 0.0573. The van der Waals surface area contributed by atoms with E-state index < -0.39 is 17.3 Å². The predicted octanol–water partition coefficient (Wildman–Crippen LogP) is 3.03. The summed E-state index contributed by atoms with van der Waals surface area (Å²) >= 11 is 0. The molecule has 0 unspecified atom stereocenters. The summed E-state index contributed by atoms with van der Waals surface area (Å²) < 4.78 is 46.7. The van der Waals surface area contributed by atoms with Crippen LogP contribution in [-0.4, -0.2) is 38.9 Å². The number of fused-ring (bicyclic) bond motifs is 1. The topological polar surface area (TPSA) is 91.0 Å². The normalized spacial score (nSPS) is 11.5. The summed E-state index contributed by atoms with van der Waals surface area (Å²) in [5.41, 5.74) is 0.312. The van der Waals surface area contributed by atoms with E-state index in [1.54, 1.807) is 19.2 Å². The van der Waals surface area contributed by atoms with Crippen molar-refractivity contribution in [3.8, 4) is 5.75 Å². The predicted molar refractivity (Wildman–Crippen MR) is 122 cm³/mol. The first-order valence-electron chi connectivity index (χ1n) is 10.7. The summed E-state index contributed by atoms with van der Waals surface area (Å²) in [6.07, 6.45) is -1.60. The number of halogens is 3. The summed E-state index contributed by atoms with van der Waals surface area (Å²) in [6.45, 7) is 0.515. The van der Waals surface area contributed by atoms with Gasteiger partial charge in [0.05, 0.1) is 38.4 Å². The molecule has 0 aliphatic heterocycles. The van der Waals surface area contributed by atoms with Gasteiger partial charge in [0.25, 0.3) is 5.56 Å². The molecular weight excluding hydrogens is 463 g/mol. The lowest BCUT2D eigenvalue weighted by Gasteiger charge is -2.10. The molecular formula is C24H22F3N5O3. The summed E-state index contributed by atoms with van der Waals surface area (Å²) in [5.74, 6) is 0.545. The smallest absolute Gasteiger partial charge is 0.416 e. The second-order valence-corrected chi connectivity index (χ2v) is 7.86. The third-order valence-electron chi connectivity index (χ3n) is 5.40. The average molecular weight is 485 g/mol. The van der Waals surface area contributed by atoms with E-state index in [1.165, 1.54) is 33.9 Å². The van der Waals surface area contributed by atoms with Crippen LogP contribution in [0.3, 0.4) is 0 Å². The molecule has 35 heavy (non-hydrogen) atoms. The fourth-order valence-corrected chi connectivity index (χ4v) is 3.61. The van der Waals surface area contributed by atoms with Crippen LogP contribution in [0.15, 0.2) is 65.8 Å². The number of methoxy groups -OCH3 is 1. The van der Waals surface area contributed by atoms with Crippen LogP contribution >= 0.6 is 0 Å². The summed E-state index contributed by atoms with van der Waals surface area (Å²) in [6, 6.07) is 12.0. The number of hydrogen-bond donors (Lipinski definition) is 1. The molecule has 0 atom stereocenters. The second-order valence-electron chi connectivity index (χ2n) is 7.86. The fraction of sp³-hybridized carbons (Fsp3) is 0.250. The number of rotatable bonds is 8. The van der Waals surface area contributed by atoms with Gasteiger partial charge in [-0.1, -0.05) is 24.3 Å². The van der Waals surface area contributed by atoms with Gasteiger partial charge in [-0.05, 0) is 35.4 Å². The van der Waals surface area contributed by atoms with E-state index in [9.17, 15) is 22.8 Å². The van der Waals surface area contributed by atoms with Crippen molar-refractivity contribution in [3.63, 3.8) is 0 Å². The third kappa shape index (κ3) is 5.68. The van der Waals surface area contributed by atoms with E-state index in [-0.39, 0.29) is 30.8 Å². The Morgan fingerprint density at radius 2 is 1.89 bits per heavy atom. The Morgan fingerprint density at radius 1 is 1.11 bits per heavy atom. The highest BCUT2D eigenvalue weighted by molar-refractivity contribution is 5.78. The minimum Gasteiger partial charge on any atom is -0.497 e. The maximum absolute atomic E-state index is 13.0. The minimum atomic E-state index is -4.46. The lowest BCUT2D eigenvalue weighted by Crippen LogP contribution is -2.29. The Morgan fingerprint density at radius 3 is 2.60 bits per heavy atom. The number of benzene rings is 2. The van der Waals surface area contributed by atoms with E-state index in [1.807, 2.05) is 12.1 Å². The molecule has 2 heterocycles. The quantitative estimate of drug-likeness (QED) is 0.414. The number of alkyl halides is 3. The van der Waals surface area contributed by atoms with Crippen molar-refractivity contribution in [3.05, 3.63) is 88.1 Å². The standard InChI is InChI=1S/C24H22F3N5O3/c1-35-19-7-5-16(6-8-19)12-21(33)28-9-10-32-22-20(13-30-32)23(34)31(15-29-22)14-17-3-2-4-18(11-17)24(25,26)27/h2-8,11,13,15H,9-10,12,14H2,1H3,(H,28,33). The Hall–Kier alpha value is -4.15. The average Bonchev–Trinajstić information content (AvgIpc) is 3.25. The molecule has 4 aromatic rings. The molecule has 1 N–H and O–H groups in total. The van der Waals surface area contributed by atoms with Crippen LogP contribution in [0.2, 0.25) is 0 Å². The number of carbonyl (C=O) groups is 1. The van der Waals surface area contributed by atoms with Crippen molar-refractivity contribution in [2.24, 2.45) is 0 Å². The number of nitrogens with zero attached hydrogens (tertiary/aromatic N) is 4. The fourth-order valence-electron chi connectivity index (χ4n) is 3.61. The molecule has 0 saturated carbocycles. The lowest BCUT2D eigenvalue weighted by atomic mass is 10.1. The van der Waals surface area contributed by atoms with E-state index in [0.29, 0.717) is 23.5 Å². The zero-order valence-corrected chi connectivity index (χ0v) is 18.7. The molecule has 4 rings (SSSR count). The van der Waals surface area contributed by atoms with Crippen molar-refractivity contribution in [1.29, 1.82) is 0 Å². The second kappa shape index (κ2) is 10.00. The van der Waals surface area contributed by atoms with Crippen LogP contribution in [0.25, 0.3) is 11.0 Å². The molecule has 8 nitrogen and oxygen atoms in total. The van der Waals surface area contributed by atoms with Crippen molar-refractivity contribution >= 4 is 16.9 Å². The van der Waals surface area contributed by atoms with Crippen LogP contribution in [0.5, 0.6) is 5.75 Å². The Labute approximate surface area is 198 Å². The largest absolute Gasteiger partial charge is 0.497 e. The molecule has 0 spiro atoms.